The van der Waals surface area contributed by atoms with Crippen molar-refractivity contribution in [2.24, 2.45) is 0 Å². The molecule has 0 aliphatic rings. The summed E-state index contributed by atoms with van der Waals surface area (Å²) in [5.74, 6) is 0. The summed E-state index contributed by atoms with van der Waals surface area (Å²) in [5.41, 5.74) is 1.31. The minimum Gasteiger partial charge on any atom is -0.310 e. The largest absolute Gasteiger partial charge is 0.310 e. The van der Waals surface area contributed by atoms with Gasteiger partial charge in [-0.2, -0.15) is 0 Å². The van der Waals surface area contributed by atoms with Gasteiger partial charge in [-0.3, -0.25) is 4.98 Å². The van der Waals surface area contributed by atoms with Crippen molar-refractivity contribution in [3.63, 3.8) is 0 Å². The van der Waals surface area contributed by atoms with Crippen LogP contribution in [0.2, 0.25) is 0 Å². The molecule has 20 heavy (non-hydrogen) atoms. The van der Waals surface area contributed by atoms with Gasteiger partial charge in [-0.15, -0.1) is 0 Å². The highest BCUT2D eigenvalue weighted by atomic mass is 79.9. The third-order valence-electron chi connectivity index (χ3n) is 3.03. The number of nitrogens with zero attached hydrogens (tertiary/aromatic N) is 1. The molecule has 1 N–H and O–H groups in total. The van der Waals surface area contributed by atoms with Crippen molar-refractivity contribution in [1.82, 2.24) is 10.3 Å². The Bertz CT molecular complexity index is 545. The molecule has 2 rings (SSSR count). The van der Waals surface area contributed by atoms with E-state index in [2.05, 4.69) is 58.3 Å². The van der Waals surface area contributed by atoms with Crippen LogP contribution in [0, 0.1) is 0 Å². The molecule has 4 heteroatoms. The predicted octanol–water partition coefficient (Wildman–Crippen LogP) is 5.06. The van der Waals surface area contributed by atoms with Crippen LogP contribution in [0.1, 0.15) is 31.9 Å². The van der Waals surface area contributed by atoms with Crippen molar-refractivity contribution in [1.29, 1.82) is 0 Å². The average molecular weight is 351 g/mol. The molecule has 1 atom stereocenters. The molecule has 2 nitrogen and oxygen atoms in total. The van der Waals surface area contributed by atoms with Crippen molar-refractivity contribution in [3.8, 4) is 0 Å². The van der Waals surface area contributed by atoms with Gasteiger partial charge in [-0.05, 0) is 65.6 Å². The lowest BCUT2D eigenvalue weighted by molar-refractivity contribution is 0.570. The third-order valence-corrected chi connectivity index (χ3v) is 5.04. The Morgan fingerprint density at radius 1 is 1.25 bits per heavy atom. The molecule has 106 valence electrons. The SMILES string of the molecule is CCCNC(C)c1ccc(Sc2ccncc2)c(Br)c1. The molecule has 1 aromatic heterocycles. The van der Waals surface area contributed by atoms with E-state index in [0.29, 0.717) is 6.04 Å². The first-order chi connectivity index (χ1) is 9.70. The molecule has 1 unspecified atom stereocenters. The summed E-state index contributed by atoms with van der Waals surface area (Å²) < 4.78 is 1.14. The highest BCUT2D eigenvalue weighted by Crippen LogP contribution is 2.34. The number of rotatable bonds is 6. The van der Waals surface area contributed by atoms with Gasteiger partial charge in [0.25, 0.3) is 0 Å². The summed E-state index contributed by atoms with van der Waals surface area (Å²) in [5, 5.41) is 3.51. The van der Waals surface area contributed by atoms with E-state index in [4.69, 9.17) is 0 Å². The fraction of sp³-hybridized carbons (Fsp3) is 0.312. The van der Waals surface area contributed by atoms with Gasteiger partial charge >= 0.3 is 0 Å². The summed E-state index contributed by atoms with van der Waals surface area (Å²) in [4.78, 5) is 6.47. The number of aromatic nitrogens is 1. The first-order valence-corrected chi connectivity index (χ1v) is 8.42. The number of nitrogens with one attached hydrogen (secondary N) is 1. The van der Waals surface area contributed by atoms with E-state index in [1.54, 1.807) is 11.8 Å². The van der Waals surface area contributed by atoms with Crippen LogP contribution in [0.5, 0.6) is 0 Å². The van der Waals surface area contributed by atoms with Crippen molar-refractivity contribution < 1.29 is 0 Å². The Labute approximate surface area is 133 Å². The van der Waals surface area contributed by atoms with Crippen LogP contribution in [0.25, 0.3) is 0 Å². The standard InChI is InChI=1S/C16H19BrN2S/c1-3-8-19-12(2)13-4-5-16(15(17)11-13)20-14-6-9-18-10-7-14/h4-7,9-12,19H,3,8H2,1-2H3. The minimum absolute atomic E-state index is 0.381. The van der Waals surface area contributed by atoms with Gasteiger partial charge in [-0.25, -0.2) is 0 Å². The molecule has 0 aliphatic heterocycles. The molecular formula is C16H19BrN2S. The highest BCUT2D eigenvalue weighted by molar-refractivity contribution is 9.10. The second-order valence-electron chi connectivity index (χ2n) is 4.65. The van der Waals surface area contributed by atoms with Gasteiger partial charge in [0.2, 0.25) is 0 Å². The van der Waals surface area contributed by atoms with Crippen LogP contribution in [-0.4, -0.2) is 11.5 Å². The quantitative estimate of drug-likeness (QED) is 0.788. The number of halogens is 1. The zero-order valence-corrected chi connectivity index (χ0v) is 14.2. The van der Waals surface area contributed by atoms with Gasteiger partial charge in [0, 0.05) is 32.7 Å². The van der Waals surface area contributed by atoms with E-state index in [1.165, 1.54) is 15.4 Å². The second-order valence-corrected chi connectivity index (χ2v) is 6.62. The highest BCUT2D eigenvalue weighted by Gasteiger charge is 2.08. The minimum atomic E-state index is 0.381. The number of hydrogen-bond acceptors (Lipinski definition) is 3. The number of hydrogen-bond donors (Lipinski definition) is 1. The molecule has 0 saturated carbocycles. The molecule has 0 spiro atoms. The van der Waals surface area contributed by atoms with Crippen LogP contribution in [0.4, 0.5) is 0 Å². The van der Waals surface area contributed by atoms with E-state index in [-0.39, 0.29) is 0 Å². The second kappa shape index (κ2) is 7.81. The summed E-state index contributed by atoms with van der Waals surface area (Å²) in [6, 6.07) is 11.0. The smallest absolute Gasteiger partial charge is 0.0318 e. The maximum Gasteiger partial charge on any atom is 0.0318 e. The average Bonchev–Trinajstić information content (AvgIpc) is 2.48. The van der Waals surface area contributed by atoms with Crippen LogP contribution >= 0.6 is 27.7 Å². The zero-order valence-electron chi connectivity index (χ0n) is 11.8. The van der Waals surface area contributed by atoms with Crippen LogP contribution < -0.4 is 5.32 Å². The van der Waals surface area contributed by atoms with Gasteiger partial charge in [0.15, 0.2) is 0 Å². The molecular weight excluding hydrogens is 332 g/mol. The van der Waals surface area contributed by atoms with Crippen molar-refractivity contribution in [2.75, 3.05) is 6.54 Å². The Kier molecular flexibility index (Phi) is 6.07. The van der Waals surface area contributed by atoms with Crippen LogP contribution in [-0.2, 0) is 0 Å². The van der Waals surface area contributed by atoms with Gasteiger partial charge in [0.1, 0.15) is 0 Å². The maximum absolute atomic E-state index is 4.04. The maximum atomic E-state index is 4.04. The third kappa shape index (κ3) is 4.33. The van der Waals surface area contributed by atoms with Gasteiger partial charge in [0.05, 0.1) is 0 Å². The zero-order chi connectivity index (χ0) is 14.4. The van der Waals surface area contributed by atoms with E-state index in [1.807, 2.05) is 24.5 Å². The molecule has 0 radical (unpaired) electrons. The molecule has 0 saturated heterocycles. The van der Waals surface area contributed by atoms with Crippen molar-refractivity contribution in [3.05, 3.63) is 52.8 Å². The number of pyridine rings is 1. The molecule has 1 aromatic carbocycles. The molecule has 2 aromatic rings. The molecule has 0 fully saturated rings. The van der Waals surface area contributed by atoms with E-state index in [0.717, 1.165) is 17.4 Å². The van der Waals surface area contributed by atoms with Crippen molar-refractivity contribution in [2.45, 2.75) is 36.1 Å². The molecule has 0 bridgehead atoms. The number of benzene rings is 1. The normalized spacial score (nSPS) is 12.3. The lowest BCUT2D eigenvalue weighted by Gasteiger charge is -2.15. The van der Waals surface area contributed by atoms with Gasteiger partial charge in [-0.1, -0.05) is 24.8 Å². The van der Waals surface area contributed by atoms with E-state index < -0.39 is 0 Å². The van der Waals surface area contributed by atoms with Gasteiger partial charge < -0.3 is 5.32 Å². The lowest BCUT2D eigenvalue weighted by atomic mass is 10.1. The first kappa shape index (κ1) is 15.5. The molecule has 0 amide bonds. The van der Waals surface area contributed by atoms with Crippen LogP contribution in [0.3, 0.4) is 0 Å². The Hall–Kier alpha value is -0.840. The lowest BCUT2D eigenvalue weighted by Crippen LogP contribution is -2.19. The summed E-state index contributed by atoms with van der Waals surface area (Å²) in [6.07, 6.45) is 4.80. The summed E-state index contributed by atoms with van der Waals surface area (Å²) in [7, 11) is 0. The van der Waals surface area contributed by atoms with E-state index in [9.17, 15) is 0 Å². The fourth-order valence-corrected chi connectivity index (χ4v) is 3.32. The predicted molar refractivity (Wildman–Crippen MR) is 89.2 cm³/mol. The Balaban J connectivity index is 2.10. The summed E-state index contributed by atoms with van der Waals surface area (Å²) in [6.45, 7) is 5.43. The van der Waals surface area contributed by atoms with Crippen LogP contribution in [0.15, 0.2) is 57.0 Å². The first-order valence-electron chi connectivity index (χ1n) is 6.81. The molecule has 1 heterocycles. The topological polar surface area (TPSA) is 24.9 Å². The Morgan fingerprint density at radius 3 is 2.65 bits per heavy atom. The monoisotopic (exact) mass is 350 g/mol. The Morgan fingerprint density at radius 2 is 2.00 bits per heavy atom. The molecule has 0 aliphatic carbocycles. The van der Waals surface area contributed by atoms with E-state index >= 15 is 0 Å². The summed E-state index contributed by atoms with van der Waals surface area (Å²) >= 11 is 5.42. The van der Waals surface area contributed by atoms with Crippen molar-refractivity contribution >= 4 is 27.7 Å². The fourth-order valence-electron chi connectivity index (χ4n) is 1.88.